The Balaban J connectivity index is 2.55. The molecule has 0 aliphatic heterocycles. The summed E-state index contributed by atoms with van der Waals surface area (Å²) in [6.07, 6.45) is 1.75. The number of nitrogens with zero attached hydrogens (tertiary/aromatic N) is 1. The lowest BCUT2D eigenvalue weighted by molar-refractivity contribution is 0.542. The molecule has 2 aromatic rings. The van der Waals surface area contributed by atoms with E-state index in [9.17, 15) is 0 Å². The van der Waals surface area contributed by atoms with Gasteiger partial charge in [-0.05, 0) is 32.4 Å². The monoisotopic (exact) mass is 187 g/mol. The molecule has 0 saturated heterocycles. The fourth-order valence-corrected chi connectivity index (χ4v) is 1.45. The van der Waals surface area contributed by atoms with Gasteiger partial charge in [-0.2, -0.15) is 0 Å². The van der Waals surface area contributed by atoms with Crippen LogP contribution in [0.1, 0.15) is 16.9 Å². The minimum Gasteiger partial charge on any atom is -0.441 e. The van der Waals surface area contributed by atoms with Crippen molar-refractivity contribution in [1.29, 1.82) is 0 Å². The first-order valence-electron chi connectivity index (χ1n) is 4.67. The van der Waals surface area contributed by atoms with Gasteiger partial charge in [0, 0.05) is 5.56 Å². The van der Waals surface area contributed by atoms with Crippen LogP contribution in [0.2, 0.25) is 0 Å². The summed E-state index contributed by atoms with van der Waals surface area (Å²) in [4.78, 5) is 4.22. The molecule has 0 fully saturated rings. The molecule has 0 aliphatic rings. The van der Waals surface area contributed by atoms with E-state index in [2.05, 4.69) is 37.0 Å². The smallest absolute Gasteiger partial charge is 0.226 e. The van der Waals surface area contributed by atoms with E-state index in [0.29, 0.717) is 5.89 Å². The van der Waals surface area contributed by atoms with Crippen LogP contribution in [0.25, 0.3) is 11.5 Å². The van der Waals surface area contributed by atoms with Crippen LogP contribution in [0.3, 0.4) is 0 Å². The third-order valence-corrected chi connectivity index (χ3v) is 2.24. The quantitative estimate of drug-likeness (QED) is 0.684. The lowest BCUT2D eigenvalue weighted by Crippen LogP contribution is -1.84. The molecule has 1 aromatic carbocycles. The highest BCUT2D eigenvalue weighted by atomic mass is 16.4. The van der Waals surface area contributed by atoms with E-state index in [1.54, 1.807) is 6.20 Å². The van der Waals surface area contributed by atoms with Crippen LogP contribution >= 0.6 is 0 Å². The molecule has 0 amide bonds. The molecule has 72 valence electrons. The Morgan fingerprint density at radius 2 is 1.93 bits per heavy atom. The van der Waals surface area contributed by atoms with Crippen molar-refractivity contribution in [2.45, 2.75) is 20.8 Å². The predicted molar refractivity (Wildman–Crippen MR) is 56.2 cm³/mol. The zero-order valence-electron chi connectivity index (χ0n) is 8.66. The normalized spacial score (nSPS) is 10.5. The van der Waals surface area contributed by atoms with Crippen molar-refractivity contribution < 1.29 is 4.42 Å². The van der Waals surface area contributed by atoms with E-state index in [1.807, 2.05) is 6.92 Å². The molecule has 2 heteroatoms. The lowest BCUT2D eigenvalue weighted by Gasteiger charge is -2.02. The molecule has 0 spiro atoms. The molecule has 0 saturated carbocycles. The number of aryl methyl sites for hydroxylation is 3. The summed E-state index contributed by atoms with van der Waals surface area (Å²) in [5.41, 5.74) is 3.50. The van der Waals surface area contributed by atoms with Gasteiger partial charge in [-0.1, -0.05) is 17.7 Å². The van der Waals surface area contributed by atoms with Gasteiger partial charge in [0.25, 0.3) is 0 Å². The first-order chi connectivity index (χ1) is 6.66. The summed E-state index contributed by atoms with van der Waals surface area (Å²) in [7, 11) is 0. The van der Waals surface area contributed by atoms with Crippen molar-refractivity contribution in [2.75, 3.05) is 0 Å². The molecule has 1 aromatic heterocycles. The molecule has 2 nitrogen and oxygen atoms in total. The first-order valence-corrected chi connectivity index (χ1v) is 4.67. The number of aromatic nitrogens is 1. The van der Waals surface area contributed by atoms with Crippen LogP contribution in [-0.4, -0.2) is 4.98 Å². The highest BCUT2D eigenvalue weighted by Crippen LogP contribution is 2.23. The van der Waals surface area contributed by atoms with Crippen molar-refractivity contribution in [2.24, 2.45) is 0 Å². The molecule has 14 heavy (non-hydrogen) atoms. The Hall–Kier alpha value is -1.57. The number of rotatable bonds is 1. The average molecular weight is 187 g/mol. The van der Waals surface area contributed by atoms with Gasteiger partial charge in [-0.15, -0.1) is 0 Å². The Bertz CT molecular complexity index is 457. The summed E-state index contributed by atoms with van der Waals surface area (Å²) < 4.78 is 5.49. The third kappa shape index (κ3) is 1.55. The molecule has 0 atom stereocenters. The van der Waals surface area contributed by atoms with Crippen LogP contribution in [0.4, 0.5) is 0 Å². The molecule has 1 heterocycles. The predicted octanol–water partition coefficient (Wildman–Crippen LogP) is 3.27. The van der Waals surface area contributed by atoms with Crippen molar-refractivity contribution >= 4 is 0 Å². The van der Waals surface area contributed by atoms with Crippen LogP contribution < -0.4 is 0 Å². The summed E-state index contributed by atoms with van der Waals surface area (Å²) in [6, 6.07) is 6.28. The summed E-state index contributed by atoms with van der Waals surface area (Å²) in [5.74, 6) is 1.56. The summed E-state index contributed by atoms with van der Waals surface area (Å²) >= 11 is 0. The van der Waals surface area contributed by atoms with E-state index < -0.39 is 0 Å². The van der Waals surface area contributed by atoms with Crippen molar-refractivity contribution in [3.63, 3.8) is 0 Å². The molecule has 0 radical (unpaired) electrons. The fourth-order valence-electron chi connectivity index (χ4n) is 1.45. The van der Waals surface area contributed by atoms with Gasteiger partial charge < -0.3 is 4.42 Å². The molecule has 0 N–H and O–H groups in total. The second kappa shape index (κ2) is 3.29. The largest absolute Gasteiger partial charge is 0.441 e. The maximum atomic E-state index is 5.49. The molecular weight excluding hydrogens is 174 g/mol. The number of oxazole rings is 1. The van der Waals surface area contributed by atoms with E-state index in [-0.39, 0.29) is 0 Å². The minimum absolute atomic E-state index is 0.712. The Morgan fingerprint density at radius 1 is 1.14 bits per heavy atom. The number of hydrogen-bond donors (Lipinski definition) is 0. The SMILES string of the molecule is Cc1ccc(C)c(-c2ncc(C)o2)c1. The van der Waals surface area contributed by atoms with Crippen molar-refractivity contribution in [1.82, 2.24) is 4.98 Å². The van der Waals surface area contributed by atoms with E-state index in [1.165, 1.54) is 11.1 Å². The van der Waals surface area contributed by atoms with Crippen LogP contribution in [0.15, 0.2) is 28.8 Å². The first kappa shape index (κ1) is 9.00. The van der Waals surface area contributed by atoms with Crippen molar-refractivity contribution in [3.05, 3.63) is 41.3 Å². The zero-order valence-corrected chi connectivity index (χ0v) is 8.66. The average Bonchev–Trinajstić information content (AvgIpc) is 2.56. The molecular formula is C12H13NO. The van der Waals surface area contributed by atoms with Gasteiger partial charge >= 0.3 is 0 Å². The standard InChI is InChI=1S/C12H13NO/c1-8-4-5-9(2)11(6-8)12-13-7-10(3)14-12/h4-7H,1-3H3. The zero-order chi connectivity index (χ0) is 10.1. The Morgan fingerprint density at radius 3 is 2.57 bits per heavy atom. The fraction of sp³-hybridized carbons (Fsp3) is 0.250. The van der Waals surface area contributed by atoms with Gasteiger partial charge in [0.15, 0.2) is 0 Å². The summed E-state index contributed by atoms with van der Waals surface area (Å²) in [6.45, 7) is 6.04. The molecule has 2 rings (SSSR count). The van der Waals surface area contributed by atoms with E-state index >= 15 is 0 Å². The highest BCUT2D eigenvalue weighted by Gasteiger charge is 2.07. The lowest BCUT2D eigenvalue weighted by atomic mass is 10.1. The molecule has 0 aliphatic carbocycles. The van der Waals surface area contributed by atoms with Gasteiger partial charge in [0.05, 0.1) is 6.20 Å². The summed E-state index contributed by atoms with van der Waals surface area (Å²) in [5, 5.41) is 0. The van der Waals surface area contributed by atoms with Gasteiger partial charge in [0.2, 0.25) is 5.89 Å². The Kier molecular flexibility index (Phi) is 2.12. The second-order valence-electron chi connectivity index (χ2n) is 3.59. The molecule has 0 unspecified atom stereocenters. The number of hydrogen-bond acceptors (Lipinski definition) is 2. The van der Waals surface area contributed by atoms with Gasteiger partial charge in [-0.25, -0.2) is 4.98 Å². The second-order valence-corrected chi connectivity index (χ2v) is 3.59. The van der Waals surface area contributed by atoms with Gasteiger partial charge in [-0.3, -0.25) is 0 Å². The van der Waals surface area contributed by atoms with Crippen molar-refractivity contribution in [3.8, 4) is 11.5 Å². The van der Waals surface area contributed by atoms with E-state index in [0.717, 1.165) is 11.3 Å². The van der Waals surface area contributed by atoms with Crippen LogP contribution in [-0.2, 0) is 0 Å². The third-order valence-electron chi connectivity index (χ3n) is 2.24. The maximum absolute atomic E-state index is 5.49. The highest BCUT2D eigenvalue weighted by molar-refractivity contribution is 5.59. The van der Waals surface area contributed by atoms with Crippen LogP contribution in [0.5, 0.6) is 0 Å². The van der Waals surface area contributed by atoms with Gasteiger partial charge in [0.1, 0.15) is 5.76 Å². The van der Waals surface area contributed by atoms with Crippen LogP contribution in [0, 0.1) is 20.8 Å². The maximum Gasteiger partial charge on any atom is 0.226 e. The topological polar surface area (TPSA) is 26.0 Å². The minimum atomic E-state index is 0.712. The van der Waals surface area contributed by atoms with E-state index in [4.69, 9.17) is 4.42 Å². The Labute approximate surface area is 83.6 Å². The number of benzene rings is 1. The molecule has 0 bridgehead atoms.